The Morgan fingerprint density at radius 1 is 1.73 bits per heavy atom. The van der Waals surface area contributed by atoms with Gasteiger partial charge in [0.2, 0.25) is 0 Å². The summed E-state index contributed by atoms with van der Waals surface area (Å²) in [6, 6.07) is 0.722. The average Bonchev–Trinajstić information content (AvgIpc) is 2.52. The zero-order valence-electron chi connectivity index (χ0n) is 6.95. The van der Waals surface area contributed by atoms with E-state index in [4.69, 9.17) is 0 Å². The average molecular weight is 173 g/mol. The minimum absolute atomic E-state index is 0.678. The quantitative estimate of drug-likeness (QED) is 0.592. The number of thioether (sulfide) groups is 1. The molecule has 1 fully saturated rings. The SMILES string of the molecule is CN(CCC=O)C1CCSC1. The van der Waals surface area contributed by atoms with Crippen LogP contribution < -0.4 is 0 Å². The summed E-state index contributed by atoms with van der Waals surface area (Å²) in [4.78, 5) is 12.4. The van der Waals surface area contributed by atoms with Crippen molar-refractivity contribution in [3.05, 3.63) is 0 Å². The lowest BCUT2D eigenvalue weighted by Crippen LogP contribution is -2.32. The fourth-order valence-electron chi connectivity index (χ4n) is 1.31. The maximum atomic E-state index is 10.1. The van der Waals surface area contributed by atoms with Crippen LogP contribution in [0.4, 0.5) is 0 Å². The summed E-state index contributed by atoms with van der Waals surface area (Å²) in [5.41, 5.74) is 0. The van der Waals surface area contributed by atoms with Gasteiger partial charge in [-0.3, -0.25) is 0 Å². The molecule has 0 N–H and O–H groups in total. The molecular formula is C8H15NOS. The number of carbonyl (C=O) groups excluding carboxylic acids is 1. The third-order valence-electron chi connectivity index (χ3n) is 2.13. The molecule has 1 rings (SSSR count). The van der Waals surface area contributed by atoms with Crippen LogP contribution >= 0.6 is 11.8 Å². The molecule has 1 atom stereocenters. The normalized spacial score (nSPS) is 24.4. The van der Waals surface area contributed by atoms with Crippen molar-refractivity contribution in [3.8, 4) is 0 Å². The molecule has 2 nitrogen and oxygen atoms in total. The first kappa shape index (κ1) is 9.07. The molecule has 0 aromatic carbocycles. The summed E-state index contributed by atoms with van der Waals surface area (Å²) in [7, 11) is 2.11. The third kappa shape index (κ3) is 2.83. The number of nitrogens with zero attached hydrogens (tertiary/aromatic N) is 1. The van der Waals surface area contributed by atoms with Gasteiger partial charge in [0.05, 0.1) is 0 Å². The molecule has 1 aliphatic heterocycles. The summed E-state index contributed by atoms with van der Waals surface area (Å²) in [6.45, 7) is 0.925. The predicted octanol–water partition coefficient (Wildman–Crippen LogP) is 1.01. The maximum Gasteiger partial charge on any atom is 0.121 e. The smallest absolute Gasteiger partial charge is 0.121 e. The van der Waals surface area contributed by atoms with E-state index in [0.29, 0.717) is 6.42 Å². The maximum absolute atomic E-state index is 10.1. The first-order valence-corrected chi connectivity index (χ1v) is 5.21. The molecule has 0 spiro atoms. The third-order valence-corrected chi connectivity index (χ3v) is 3.27. The van der Waals surface area contributed by atoms with Gasteiger partial charge in [-0.1, -0.05) is 0 Å². The molecule has 0 aliphatic carbocycles. The molecule has 1 unspecified atom stereocenters. The molecule has 11 heavy (non-hydrogen) atoms. The predicted molar refractivity (Wildman–Crippen MR) is 49.0 cm³/mol. The molecule has 1 saturated heterocycles. The van der Waals surface area contributed by atoms with Crippen LogP contribution in [-0.4, -0.2) is 42.3 Å². The second-order valence-corrected chi connectivity index (χ2v) is 4.10. The van der Waals surface area contributed by atoms with Crippen molar-refractivity contribution in [2.75, 3.05) is 25.1 Å². The Bertz CT molecular complexity index is 123. The van der Waals surface area contributed by atoms with Crippen LogP contribution in [0.3, 0.4) is 0 Å². The molecule has 0 bridgehead atoms. The van der Waals surface area contributed by atoms with Gasteiger partial charge in [0.15, 0.2) is 0 Å². The van der Waals surface area contributed by atoms with Crippen molar-refractivity contribution in [2.24, 2.45) is 0 Å². The van der Waals surface area contributed by atoms with Crippen LogP contribution in [0, 0.1) is 0 Å². The van der Waals surface area contributed by atoms with Crippen LogP contribution in [0.25, 0.3) is 0 Å². The van der Waals surface area contributed by atoms with Crippen molar-refractivity contribution < 1.29 is 4.79 Å². The lowest BCUT2D eigenvalue weighted by atomic mass is 10.2. The van der Waals surface area contributed by atoms with E-state index in [2.05, 4.69) is 11.9 Å². The summed E-state index contributed by atoms with van der Waals surface area (Å²) in [6.07, 6.45) is 2.97. The zero-order valence-corrected chi connectivity index (χ0v) is 7.77. The van der Waals surface area contributed by atoms with E-state index in [9.17, 15) is 4.79 Å². The number of rotatable bonds is 4. The lowest BCUT2D eigenvalue weighted by Gasteiger charge is -2.21. The first-order valence-electron chi connectivity index (χ1n) is 4.06. The Morgan fingerprint density at radius 3 is 3.09 bits per heavy atom. The molecule has 0 aromatic rings. The Kier molecular flexibility index (Phi) is 3.94. The van der Waals surface area contributed by atoms with Gasteiger partial charge in [-0.05, 0) is 19.2 Å². The van der Waals surface area contributed by atoms with Crippen molar-refractivity contribution in [3.63, 3.8) is 0 Å². The molecule has 64 valence electrons. The van der Waals surface area contributed by atoms with E-state index < -0.39 is 0 Å². The van der Waals surface area contributed by atoms with E-state index >= 15 is 0 Å². The van der Waals surface area contributed by atoms with Gasteiger partial charge in [0.1, 0.15) is 6.29 Å². The van der Waals surface area contributed by atoms with E-state index in [1.165, 1.54) is 17.9 Å². The second kappa shape index (κ2) is 4.78. The Balaban J connectivity index is 2.16. The largest absolute Gasteiger partial charge is 0.303 e. The highest BCUT2D eigenvalue weighted by atomic mass is 32.2. The van der Waals surface area contributed by atoms with Gasteiger partial charge >= 0.3 is 0 Å². The summed E-state index contributed by atoms with van der Waals surface area (Å²) < 4.78 is 0. The van der Waals surface area contributed by atoms with E-state index in [-0.39, 0.29) is 0 Å². The molecule has 0 amide bonds. The Labute approximate surface area is 72.3 Å². The van der Waals surface area contributed by atoms with Crippen molar-refractivity contribution in [2.45, 2.75) is 18.9 Å². The highest BCUT2D eigenvalue weighted by molar-refractivity contribution is 7.99. The molecule has 1 heterocycles. The monoisotopic (exact) mass is 173 g/mol. The molecule has 0 saturated carbocycles. The van der Waals surface area contributed by atoms with Crippen molar-refractivity contribution >= 4 is 18.0 Å². The fraction of sp³-hybridized carbons (Fsp3) is 0.875. The minimum atomic E-state index is 0.678. The van der Waals surface area contributed by atoms with E-state index in [0.717, 1.165) is 18.9 Å². The highest BCUT2D eigenvalue weighted by Crippen LogP contribution is 2.20. The summed E-state index contributed by atoms with van der Waals surface area (Å²) in [5.74, 6) is 2.53. The number of aldehydes is 1. The molecular weight excluding hydrogens is 158 g/mol. The van der Waals surface area contributed by atoms with Crippen LogP contribution in [0.5, 0.6) is 0 Å². The topological polar surface area (TPSA) is 20.3 Å². The molecule has 0 aromatic heterocycles. The van der Waals surface area contributed by atoms with Gasteiger partial charge in [-0.15, -0.1) is 0 Å². The van der Waals surface area contributed by atoms with Crippen LogP contribution in [0.15, 0.2) is 0 Å². The van der Waals surface area contributed by atoms with Crippen molar-refractivity contribution in [1.29, 1.82) is 0 Å². The second-order valence-electron chi connectivity index (χ2n) is 2.95. The van der Waals surface area contributed by atoms with Crippen LogP contribution in [0.2, 0.25) is 0 Å². The molecule has 1 aliphatic rings. The number of hydrogen-bond acceptors (Lipinski definition) is 3. The van der Waals surface area contributed by atoms with Crippen molar-refractivity contribution in [1.82, 2.24) is 4.90 Å². The number of hydrogen-bond donors (Lipinski definition) is 0. The van der Waals surface area contributed by atoms with Gasteiger partial charge in [0, 0.05) is 24.8 Å². The fourth-order valence-corrected chi connectivity index (χ4v) is 2.61. The standard InChI is InChI=1S/C8H15NOS/c1-9(4-2-5-10)8-3-6-11-7-8/h5,8H,2-4,6-7H2,1H3. The minimum Gasteiger partial charge on any atom is -0.303 e. The number of carbonyl (C=O) groups is 1. The molecule has 3 heteroatoms. The summed E-state index contributed by atoms with van der Waals surface area (Å²) in [5, 5.41) is 0. The van der Waals surface area contributed by atoms with E-state index in [1.807, 2.05) is 11.8 Å². The van der Waals surface area contributed by atoms with Crippen LogP contribution in [0.1, 0.15) is 12.8 Å². The van der Waals surface area contributed by atoms with Gasteiger partial charge in [-0.25, -0.2) is 0 Å². The molecule has 0 radical (unpaired) electrons. The lowest BCUT2D eigenvalue weighted by molar-refractivity contribution is -0.108. The van der Waals surface area contributed by atoms with Gasteiger partial charge in [0.25, 0.3) is 0 Å². The Hall–Kier alpha value is -0.0200. The zero-order chi connectivity index (χ0) is 8.10. The summed E-state index contributed by atoms with van der Waals surface area (Å²) >= 11 is 2.01. The van der Waals surface area contributed by atoms with Crippen LogP contribution in [-0.2, 0) is 4.79 Å². The highest BCUT2D eigenvalue weighted by Gasteiger charge is 2.18. The van der Waals surface area contributed by atoms with Gasteiger partial charge < -0.3 is 9.69 Å². The first-order chi connectivity index (χ1) is 5.34. The van der Waals surface area contributed by atoms with Gasteiger partial charge in [-0.2, -0.15) is 11.8 Å². The van der Waals surface area contributed by atoms with E-state index in [1.54, 1.807) is 0 Å². The Morgan fingerprint density at radius 2 is 2.55 bits per heavy atom.